The van der Waals surface area contributed by atoms with Crippen LogP contribution in [0.2, 0.25) is 0 Å². The first-order valence-corrected chi connectivity index (χ1v) is 6.31. The van der Waals surface area contributed by atoms with Crippen LogP contribution in [0.15, 0.2) is 0 Å². The summed E-state index contributed by atoms with van der Waals surface area (Å²) in [4.78, 5) is 0. The van der Waals surface area contributed by atoms with Gasteiger partial charge in [-0.3, -0.25) is 0 Å². The molecule has 0 atom stereocenters. The molecule has 0 aliphatic heterocycles. The van der Waals surface area contributed by atoms with E-state index in [4.69, 9.17) is 0 Å². The van der Waals surface area contributed by atoms with Crippen molar-refractivity contribution in [3.8, 4) is 0 Å². The molecule has 0 saturated heterocycles. The highest BCUT2D eigenvalue weighted by Crippen LogP contribution is 2.48. The summed E-state index contributed by atoms with van der Waals surface area (Å²) in [6.07, 6.45) is 5.88. The average Bonchev–Trinajstić information content (AvgIpc) is 2.65. The highest BCUT2D eigenvalue weighted by Gasteiger charge is 2.41. The Labute approximate surface area is 74.6 Å². The van der Waals surface area contributed by atoms with E-state index in [2.05, 4.69) is 11.6 Å². The molecule has 0 unspecified atom stereocenters. The zero-order valence-electron chi connectivity index (χ0n) is 7.76. The van der Waals surface area contributed by atoms with Gasteiger partial charge in [-0.1, -0.05) is 13.3 Å². The Bertz CT molecular complexity index is 242. The minimum atomic E-state index is -2.99. The molecule has 1 rings (SSSR count). The third kappa shape index (κ3) is 3.11. The molecule has 0 aromatic rings. The van der Waals surface area contributed by atoms with Gasteiger partial charge in [0.1, 0.15) is 0 Å². The maximum atomic E-state index is 10.8. The number of sulfonamides is 1. The first kappa shape index (κ1) is 9.99. The van der Waals surface area contributed by atoms with Crippen LogP contribution in [-0.2, 0) is 10.0 Å². The Balaban J connectivity index is 2.32. The number of rotatable bonds is 5. The van der Waals surface area contributed by atoms with E-state index >= 15 is 0 Å². The Morgan fingerprint density at radius 3 is 2.33 bits per heavy atom. The summed E-state index contributed by atoms with van der Waals surface area (Å²) in [6.45, 7) is 2.78. The lowest BCUT2D eigenvalue weighted by Crippen LogP contribution is -2.29. The molecule has 72 valence electrons. The average molecular weight is 191 g/mol. The summed E-state index contributed by atoms with van der Waals surface area (Å²) < 4.78 is 24.2. The molecule has 1 fully saturated rings. The van der Waals surface area contributed by atoms with Crippen LogP contribution in [0.5, 0.6) is 0 Å². The normalized spacial score (nSPS) is 20.8. The third-order valence-electron chi connectivity index (χ3n) is 2.45. The first-order chi connectivity index (χ1) is 5.47. The van der Waals surface area contributed by atoms with Crippen molar-refractivity contribution < 1.29 is 8.42 Å². The molecule has 0 radical (unpaired) electrons. The second-order valence-corrected chi connectivity index (χ2v) is 5.68. The number of hydrogen-bond donors (Lipinski definition) is 1. The molecule has 1 aliphatic carbocycles. The van der Waals surface area contributed by atoms with Crippen molar-refractivity contribution in [3.05, 3.63) is 0 Å². The topological polar surface area (TPSA) is 46.2 Å². The van der Waals surface area contributed by atoms with E-state index in [0.29, 0.717) is 12.0 Å². The van der Waals surface area contributed by atoms with Gasteiger partial charge >= 0.3 is 0 Å². The molecular formula is C8H17NO2S. The van der Waals surface area contributed by atoms with Gasteiger partial charge in [-0.05, 0) is 24.7 Å². The van der Waals surface area contributed by atoms with E-state index in [1.165, 1.54) is 19.1 Å². The van der Waals surface area contributed by atoms with E-state index < -0.39 is 10.0 Å². The van der Waals surface area contributed by atoms with Crippen molar-refractivity contribution in [2.75, 3.05) is 12.8 Å². The maximum Gasteiger partial charge on any atom is 0.208 e. The van der Waals surface area contributed by atoms with Gasteiger partial charge in [0.15, 0.2) is 0 Å². The van der Waals surface area contributed by atoms with Crippen LogP contribution >= 0.6 is 0 Å². The molecule has 0 amide bonds. The molecule has 12 heavy (non-hydrogen) atoms. The molecule has 1 aliphatic rings. The van der Waals surface area contributed by atoms with Crippen LogP contribution in [0.4, 0.5) is 0 Å². The van der Waals surface area contributed by atoms with Gasteiger partial charge in [0, 0.05) is 6.54 Å². The zero-order valence-corrected chi connectivity index (χ0v) is 8.58. The summed E-state index contributed by atoms with van der Waals surface area (Å²) in [7, 11) is -2.99. The van der Waals surface area contributed by atoms with E-state index in [1.54, 1.807) is 0 Å². The summed E-state index contributed by atoms with van der Waals surface area (Å²) in [5, 5.41) is 0. The van der Waals surface area contributed by atoms with Gasteiger partial charge in [-0.15, -0.1) is 0 Å². The van der Waals surface area contributed by atoms with Crippen LogP contribution < -0.4 is 4.72 Å². The standard InChI is InChI=1S/C8H17NO2S/c1-3-4-8(5-6-8)7-9-12(2,10)11/h9H,3-7H2,1-2H3. The Morgan fingerprint density at radius 1 is 1.42 bits per heavy atom. The lowest BCUT2D eigenvalue weighted by Gasteiger charge is -2.13. The van der Waals surface area contributed by atoms with Crippen molar-refractivity contribution in [1.29, 1.82) is 0 Å². The molecule has 0 bridgehead atoms. The van der Waals surface area contributed by atoms with Gasteiger partial charge in [0.05, 0.1) is 6.26 Å². The van der Waals surface area contributed by atoms with Crippen LogP contribution in [0.25, 0.3) is 0 Å². The molecule has 4 heteroatoms. The number of hydrogen-bond acceptors (Lipinski definition) is 2. The largest absolute Gasteiger partial charge is 0.215 e. The SMILES string of the molecule is CCCC1(CNS(C)(=O)=O)CC1. The van der Waals surface area contributed by atoms with Gasteiger partial charge in [-0.2, -0.15) is 0 Å². The third-order valence-corrected chi connectivity index (χ3v) is 3.12. The first-order valence-electron chi connectivity index (χ1n) is 4.42. The highest BCUT2D eigenvalue weighted by atomic mass is 32.2. The van der Waals surface area contributed by atoms with Crippen molar-refractivity contribution in [3.63, 3.8) is 0 Å². The van der Waals surface area contributed by atoms with Gasteiger partial charge in [0.25, 0.3) is 0 Å². The van der Waals surface area contributed by atoms with Crippen molar-refractivity contribution >= 4 is 10.0 Å². The monoisotopic (exact) mass is 191 g/mol. The predicted octanol–water partition coefficient (Wildman–Crippen LogP) is 1.12. The fourth-order valence-corrected chi connectivity index (χ4v) is 2.07. The van der Waals surface area contributed by atoms with Gasteiger partial charge in [-0.25, -0.2) is 13.1 Å². The van der Waals surface area contributed by atoms with Crippen LogP contribution in [0.1, 0.15) is 32.6 Å². The summed E-state index contributed by atoms with van der Waals surface area (Å²) in [6, 6.07) is 0. The van der Waals surface area contributed by atoms with Crippen molar-refractivity contribution in [1.82, 2.24) is 4.72 Å². The Hall–Kier alpha value is -0.0900. The van der Waals surface area contributed by atoms with E-state index in [0.717, 1.165) is 12.8 Å². The molecule has 1 N–H and O–H groups in total. The molecule has 1 saturated carbocycles. The quantitative estimate of drug-likeness (QED) is 0.707. The molecule has 3 nitrogen and oxygen atoms in total. The van der Waals surface area contributed by atoms with Gasteiger partial charge < -0.3 is 0 Å². The second-order valence-electron chi connectivity index (χ2n) is 3.84. The van der Waals surface area contributed by atoms with Gasteiger partial charge in [0.2, 0.25) is 10.0 Å². The summed E-state index contributed by atoms with van der Waals surface area (Å²) in [5.41, 5.74) is 0.317. The molecule has 0 aromatic heterocycles. The molecule has 0 spiro atoms. The van der Waals surface area contributed by atoms with E-state index in [9.17, 15) is 8.42 Å². The minimum absolute atomic E-state index is 0.317. The van der Waals surface area contributed by atoms with Crippen LogP contribution in [0, 0.1) is 5.41 Å². The predicted molar refractivity (Wildman–Crippen MR) is 49.4 cm³/mol. The van der Waals surface area contributed by atoms with Crippen LogP contribution in [0.3, 0.4) is 0 Å². The maximum absolute atomic E-state index is 10.8. The molecule has 0 aromatic carbocycles. The zero-order chi connectivity index (χ0) is 9.24. The second kappa shape index (κ2) is 3.34. The minimum Gasteiger partial charge on any atom is -0.215 e. The Morgan fingerprint density at radius 2 is 2.00 bits per heavy atom. The highest BCUT2D eigenvalue weighted by molar-refractivity contribution is 7.88. The fraction of sp³-hybridized carbons (Fsp3) is 1.00. The smallest absolute Gasteiger partial charge is 0.208 e. The van der Waals surface area contributed by atoms with E-state index in [-0.39, 0.29) is 0 Å². The number of nitrogens with one attached hydrogen (secondary N) is 1. The molecular weight excluding hydrogens is 174 g/mol. The lowest BCUT2D eigenvalue weighted by molar-refractivity contribution is 0.450. The lowest BCUT2D eigenvalue weighted by atomic mass is 10.0. The fourth-order valence-electron chi connectivity index (χ4n) is 1.51. The van der Waals surface area contributed by atoms with E-state index in [1.807, 2.05) is 0 Å². The van der Waals surface area contributed by atoms with Crippen molar-refractivity contribution in [2.45, 2.75) is 32.6 Å². The Kier molecular flexibility index (Phi) is 2.78. The van der Waals surface area contributed by atoms with Crippen molar-refractivity contribution in [2.24, 2.45) is 5.41 Å². The summed E-state index contributed by atoms with van der Waals surface area (Å²) in [5.74, 6) is 0. The van der Waals surface area contributed by atoms with Crippen LogP contribution in [-0.4, -0.2) is 21.2 Å². The molecule has 0 heterocycles. The summed E-state index contributed by atoms with van der Waals surface area (Å²) >= 11 is 0.